The zero-order valence-electron chi connectivity index (χ0n) is 18.5. The number of ether oxygens (including phenoxy) is 6. The van der Waals surface area contributed by atoms with Crippen LogP contribution in [0.1, 0.15) is 51.7 Å². The summed E-state index contributed by atoms with van der Waals surface area (Å²) in [5, 5.41) is 0. The molecule has 6 heteroatoms. The summed E-state index contributed by atoms with van der Waals surface area (Å²) in [6.07, 6.45) is 6.33. The molecule has 0 N–H and O–H groups in total. The molecule has 0 unspecified atom stereocenters. The van der Waals surface area contributed by atoms with Gasteiger partial charge in [-0.3, -0.25) is 0 Å². The lowest BCUT2D eigenvalue weighted by Gasteiger charge is -2.31. The monoisotopic (exact) mass is 408 g/mol. The molecule has 6 nitrogen and oxygen atoms in total. The number of hydrogen-bond acceptors (Lipinski definition) is 6. The first-order valence-corrected chi connectivity index (χ1v) is 10.5. The summed E-state index contributed by atoms with van der Waals surface area (Å²) in [6, 6.07) is 1.94. The molecular weight excluding hydrogens is 372 g/mol. The Balaban J connectivity index is 1.95. The predicted octanol–water partition coefficient (Wildman–Crippen LogP) is 4.63. The van der Waals surface area contributed by atoms with Crippen LogP contribution in [0.4, 0.5) is 0 Å². The molecule has 1 aliphatic heterocycles. The van der Waals surface area contributed by atoms with Gasteiger partial charge in [-0.2, -0.15) is 0 Å². The smallest absolute Gasteiger partial charge is 0.170 e. The number of methoxy groups -OCH3 is 1. The molecule has 0 atom stereocenters. The van der Waals surface area contributed by atoms with Crippen molar-refractivity contribution in [2.24, 2.45) is 0 Å². The van der Waals surface area contributed by atoms with Gasteiger partial charge in [-0.1, -0.05) is 19.4 Å². The summed E-state index contributed by atoms with van der Waals surface area (Å²) >= 11 is 0. The zero-order chi connectivity index (χ0) is 21.1. The van der Waals surface area contributed by atoms with Gasteiger partial charge < -0.3 is 28.4 Å². The van der Waals surface area contributed by atoms with Gasteiger partial charge in [0.15, 0.2) is 11.5 Å². The molecule has 29 heavy (non-hydrogen) atoms. The van der Waals surface area contributed by atoms with Crippen molar-refractivity contribution in [3.63, 3.8) is 0 Å². The number of rotatable bonds is 14. The fourth-order valence-electron chi connectivity index (χ4n) is 2.98. The van der Waals surface area contributed by atoms with Gasteiger partial charge in [-0.05, 0) is 39.3 Å². The highest BCUT2D eigenvalue weighted by molar-refractivity contribution is 5.69. The maximum Gasteiger partial charge on any atom is 0.170 e. The van der Waals surface area contributed by atoms with E-state index in [1.54, 1.807) is 7.11 Å². The maximum atomic E-state index is 6.23. The lowest BCUT2D eigenvalue weighted by Crippen LogP contribution is -2.28. The van der Waals surface area contributed by atoms with Gasteiger partial charge in [-0.15, -0.1) is 0 Å². The minimum absolute atomic E-state index is 0.356. The molecule has 0 radical (unpaired) electrons. The van der Waals surface area contributed by atoms with Gasteiger partial charge in [0, 0.05) is 12.2 Å². The van der Waals surface area contributed by atoms with Crippen molar-refractivity contribution in [3.8, 4) is 17.2 Å². The third-order valence-electron chi connectivity index (χ3n) is 4.49. The van der Waals surface area contributed by atoms with E-state index in [4.69, 9.17) is 28.4 Å². The van der Waals surface area contributed by atoms with Gasteiger partial charge in [0.2, 0.25) is 0 Å². The Kier molecular flexibility index (Phi) is 9.78. The van der Waals surface area contributed by atoms with E-state index >= 15 is 0 Å². The van der Waals surface area contributed by atoms with Gasteiger partial charge in [0.05, 0.1) is 52.3 Å². The highest BCUT2D eigenvalue weighted by Gasteiger charge is 2.28. The lowest BCUT2D eigenvalue weighted by atomic mass is 9.99. The Bertz CT molecular complexity index is 653. The average molecular weight is 409 g/mol. The second-order valence-corrected chi connectivity index (χ2v) is 7.41. The van der Waals surface area contributed by atoms with E-state index in [0.717, 1.165) is 36.3 Å². The molecule has 0 bridgehead atoms. The fourth-order valence-corrected chi connectivity index (χ4v) is 2.98. The minimum atomic E-state index is -0.388. The Hall–Kier alpha value is -1.76. The molecule has 0 fully saturated rings. The topological polar surface area (TPSA) is 55.4 Å². The van der Waals surface area contributed by atoms with E-state index in [1.165, 1.54) is 0 Å². The van der Waals surface area contributed by atoms with E-state index in [0.29, 0.717) is 51.1 Å². The van der Waals surface area contributed by atoms with Crippen molar-refractivity contribution in [2.75, 3.05) is 46.8 Å². The molecule has 0 amide bonds. The van der Waals surface area contributed by atoms with Crippen molar-refractivity contribution >= 4 is 6.08 Å². The first-order valence-electron chi connectivity index (χ1n) is 10.5. The average Bonchev–Trinajstić information content (AvgIpc) is 2.70. The quantitative estimate of drug-likeness (QED) is 0.419. The fraction of sp³-hybridized carbons (Fsp3) is 0.652. The standard InChI is InChI=1S/C23H36O6/c1-6-8-11-25-12-13-26-14-15-27-17-19-21-18(9-10-23(3,4)29-21)16-20(24-5)22(19)28-7-2/h9-10,16H,6-8,11-15,17H2,1-5H3. The second kappa shape index (κ2) is 12.1. The van der Waals surface area contributed by atoms with Crippen LogP contribution in [0.5, 0.6) is 17.2 Å². The molecule has 1 aliphatic rings. The van der Waals surface area contributed by atoms with E-state index in [2.05, 4.69) is 13.0 Å². The van der Waals surface area contributed by atoms with Crippen molar-refractivity contribution in [1.29, 1.82) is 0 Å². The zero-order valence-corrected chi connectivity index (χ0v) is 18.5. The molecule has 0 saturated heterocycles. The summed E-state index contributed by atoms with van der Waals surface area (Å²) in [4.78, 5) is 0. The minimum Gasteiger partial charge on any atom is -0.493 e. The molecule has 1 heterocycles. The molecule has 1 aromatic carbocycles. The SMILES string of the molecule is CCCCOCCOCCOCc1c2c(cc(OC)c1OCC)C=CC(C)(C)O2. The summed E-state index contributed by atoms with van der Waals surface area (Å²) in [7, 11) is 1.64. The number of benzene rings is 1. The number of fused-ring (bicyclic) bond motifs is 1. The molecule has 0 aliphatic carbocycles. The first kappa shape index (κ1) is 23.5. The van der Waals surface area contributed by atoms with E-state index < -0.39 is 0 Å². The highest BCUT2D eigenvalue weighted by atomic mass is 16.5. The summed E-state index contributed by atoms with van der Waals surface area (Å²) in [6.45, 7) is 12.0. The molecule has 2 rings (SSSR count). The molecule has 1 aromatic rings. The van der Waals surface area contributed by atoms with Crippen LogP contribution in [0.25, 0.3) is 6.08 Å². The Labute approximate surface area is 175 Å². The van der Waals surface area contributed by atoms with E-state index in [-0.39, 0.29) is 5.60 Å². The van der Waals surface area contributed by atoms with Crippen LogP contribution in [-0.4, -0.2) is 52.4 Å². The first-order chi connectivity index (χ1) is 14.0. The summed E-state index contributed by atoms with van der Waals surface area (Å²) < 4.78 is 34.6. The number of hydrogen-bond donors (Lipinski definition) is 0. The van der Waals surface area contributed by atoms with Gasteiger partial charge in [0.25, 0.3) is 0 Å². The summed E-state index contributed by atoms with van der Waals surface area (Å²) in [5.41, 5.74) is 1.44. The van der Waals surface area contributed by atoms with Crippen LogP contribution in [0.15, 0.2) is 12.1 Å². The van der Waals surface area contributed by atoms with Crippen molar-refractivity contribution < 1.29 is 28.4 Å². The summed E-state index contributed by atoms with van der Waals surface area (Å²) in [5.74, 6) is 2.13. The Morgan fingerprint density at radius 2 is 1.66 bits per heavy atom. The lowest BCUT2D eigenvalue weighted by molar-refractivity contribution is 0.00906. The van der Waals surface area contributed by atoms with Gasteiger partial charge >= 0.3 is 0 Å². The maximum absolute atomic E-state index is 6.23. The highest BCUT2D eigenvalue weighted by Crippen LogP contribution is 2.44. The molecule has 0 aromatic heterocycles. The van der Waals surface area contributed by atoms with Crippen LogP contribution in [0.3, 0.4) is 0 Å². The largest absolute Gasteiger partial charge is 0.493 e. The van der Waals surface area contributed by atoms with Crippen LogP contribution in [0.2, 0.25) is 0 Å². The van der Waals surface area contributed by atoms with Gasteiger partial charge in [0.1, 0.15) is 11.4 Å². The normalized spacial score (nSPS) is 14.4. The van der Waals surface area contributed by atoms with Crippen LogP contribution >= 0.6 is 0 Å². The van der Waals surface area contributed by atoms with Crippen molar-refractivity contribution in [2.45, 2.75) is 52.7 Å². The molecular formula is C23H36O6. The van der Waals surface area contributed by atoms with Crippen molar-refractivity contribution in [1.82, 2.24) is 0 Å². The Morgan fingerprint density at radius 3 is 2.31 bits per heavy atom. The van der Waals surface area contributed by atoms with E-state index in [1.807, 2.05) is 32.9 Å². The Morgan fingerprint density at radius 1 is 0.966 bits per heavy atom. The third kappa shape index (κ3) is 7.21. The van der Waals surface area contributed by atoms with Crippen LogP contribution in [0, 0.1) is 0 Å². The predicted molar refractivity (Wildman–Crippen MR) is 114 cm³/mol. The third-order valence-corrected chi connectivity index (χ3v) is 4.49. The van der Waals surface area contributed by atoms with Crippen LogP contribution in [-0.2, 0) is 20.8 Å². The van der Waals surface area contributed by atoms with Crippen LogP contribution < -0.4 is 14.2 Å². The molecule has 0 saturated carbocycles. The van der Waals surface area contributed by atoms with Crippen molar-refractivity contribution in [3.05, 3.63) is 23.3 Å². The van der Waals surface area contributed by atoms with E-state index in [9.17, 15) is 0 Å². The number of unbranched alkanes of at least 4 members (excludes halogenated alkanes) is 1. The molecule has 164 valence electrons. The van der Waals surface area contributed by atoms with Gasteiger partial charge in [-0.25, -0.2) is 0 Å². The molecule has 0 spiro atoms. The second-order valence-electron chi connectivity index (χ2n) is 7.41.